The predicted molar refractivity (Wildman–Crippen MR) is 86.1 cm³/mol. The van der Waals surface area contributed by atoms with Crippen molar-refractivity contribution >= 4 is 23.2 Å². The summed E-state index contributed by atoms with van der Waals surface area (Å²) in [5.41, 5.74) is 3.98. The molecule has 2 rings (SSSR count). The highest BCUT2D eigenvalue weighted by Crippen LogP contribution is 2.31. The molecule has 2 aromatic rings. The third-order valence-corrected chi connectivity index (χ3v) is 4.21. The highest BCUT2D eigenvalue weighted by Gasteiger charge is 2.16. The van der Waals surface area contributed by atoms with Gasteiger partial charge in [-0.15, -0.1) is 0 Å². The molecule has 4 nitrogen and oxygen atoms in total. The largest absolute Gasteiger partial charge is 0.506 e. The van der Waals surface area contributed by atoms with E-state index in [9.17, 15) is 5.11 Å². The van der Waals surface area contributed by atoms with Crippen LogP contribution in [-0.4, -0.2) is 14.9 Å². The van der Waals surface area contributed by atoms with E-state index in [1.807, 2.05) is 25.6 Å². The van der Waals surface area contributed by atoms with Crippen molar-refractivity contribution in [2.75, 3.05) is 0 Å². The normalized spacial score (nSPS) is 12.7. The fourth-order valence-electron chi connectivity index (χ4n) is 2.54. The van der Waals surface area contributed by atoms with E-state index in [2.05, 4.69) is 17.3 Å². The molecular weight excluding hydrogens is 309 g/mol. The van der Waals surface area contributed by atoms with Gasteiger partial charge >= 0.3 is 0 Å². The van der Waals surface area contributed by atoms with Crippen LogP contribution in [0.4, 0.5) is 0 Å². The van der Waals surface area contributed by atoms with Crippen LogP contribution in [0.25, 0.3) is 0 Å². The van der Waals surface area contributed by atoms with E-state index in [0.717, 1.165) is 11.4 Å². The fourth-order valence-corrected chi connectivity index (χ4v) is 3.07. The third-order valence-electron chi connectivity index (χ3n) is 3.70. The van der Waals surface area contributed by atoms with Crippen LogP contribution in [0.1, 0.15) is 35.5 Å². The number of phenols is 1. The number of rotatable bonds is 4. The molecule has 1 aromatic carbocycles. The minimum absolute atomic E-state index is 0.0698. The van der Waals surface area contributed by atoms with E-state index in [-0.39, 0.29) is 16.8 Å². The minimum atomic E-state index is 0.0698. The first-order valence-electron chi connectivity index (χ1n) is 6.71. The van der Waals surface area contributed by atoms with E-state index in [1.165, 1.54) is 11.6 Å². The second kappa shape index (κ2) is 6.26. The van der Waals surface area contributed by atoms with Gasteiger partial charge in [-0.25, -0.2) is 0 Å². The van der Waals surface area contributed by atoms with Gasteiger partial charge in [0.2, 0.25) is 0 Å². The number of benzene rings is 1. The molecule has 21 heavy (non-hydrogen) atoms. The lowest BCUT2D eigenvalue weighted by molar-refractivity contribution is 0.460. The van der Waals surface area contributed by atoms with Crippen molar-refractivity contribution in [1.29, 1.82) is 0 Å². The standard InChI is InChI=1S/C15H19Cl2N3O/c1-8(14-9(2)19-20(4)10(14)3)18-7-11-5-12(16)6-13(17)15(11)21/h5-6,8,18,21H,7H2,1-4H3/t8-/m0/s1. The quantitative estimate of drug-likeness (QED) is 0.895. The summed E-state index contributed by atoms with van der Waals surface area (Å²) in [6, 6.07) is 3.35. The zero-order valence-electron chi connectivity index (χ0n) is 12.5. The van der Waals surface area contributed by atoms with Gasteiger partial charge in [0.15, 0.2) is 0 Å². The van der Waals surface area contributed by atoms with Crippen molar-refractivity contribution in [2.45, 2.75) is 33.4 Å². The topological polar surface area (TPSA) is 50.1 Å². The van der Waals surface area contributed by atoms with Gasteiger partial charge in [-0.3, -0.25) is 4.68 Å². The Balaban J connectivity index is 2.16. The fraction of sp³-hybridized carbons (Fsp3) is 0.400. The smallest absolute Gasteiger partial charge is 0.138 e. The van der Waals surface area contributed by atoms with E-state index in [0.29, 0.717) is 17.1 Å². The second-order valence-corrected chi connectivity index (χ2v) is 6.05. The Kier molecular flexibility index (Phi) is 4.81. The van der Waals surface area contributed by atoms with Crippen LogP contribution < -0.4 is 5.32 Å². The number of aromatic hydroxyl groups is 1. The molecule has 1 aromatic heterocycles. The van der Waals surface area contributed by atoms with Crippen molar-refractivity contribution in [3.63, 3.8) is 0 Å². The number of halogens is 2. The number of nitrogens with one attached hydrogen (secondary N) is 1. The van der Waals surface area contributed by atoms with Crippen LogP contribution in [0.2, 0.25) is 10.0 Å². The number of nitrogens with zero attached hydrogens (tertiary/aromatic N) is 2. The number of aromatic nitrogens is 2. The van der Waals surface area contributed by atoms with Crippen molar-refractivity contribution in [3.05, 3.63) is 44.7 Å². The van der Waals surface area contributed by atoms with E-state index in [1.54, 1.807) is 6.07 Å². The van der Waals surface area contributed by atoms with Crippen LogP contribution in [0.15, 0.2) is 12.1 Å². The predicted octanol–water partition coefficient (Wildman–Crippen LogP) is 3.90. The number of hydrogen-bond donors (Lipinski definition) is 2. The van der Waals surface area contributed by atoms with Gasteiger partial charge in [0.1, 0.15) is 5.75 Å². The summed E-state index contributed by atoms with van der Waals surface area (Å²) in [6.45, 7) is 6.58. The Morgan fingerprint density at radius 1 is 1.33 bits per heavy atom. The summed E-state index contributed by atoms with van der Waals surface area (Å²) in [7, 11) is 1.93. The van der Waals surface area contributed by atoms with Crippen molar-refractivity contribution in [3.8, 4) is 5.75 Å². The number of aryl methyl sites for hydroxylation is 2. The summed E-state index contributed by atoms with van der Waals surface area (Å²) in [5, 5.41) is 18.5. The lowest BCUT2D eigenvalue weighted by Gasteiger charge is -2.16. The molecule has 0 aliphatic rings. The molecule has 0 radical (unpaired) electrons. The number of hydrogen-bond acceptors (Lipinski definition) is 3. The summed E-state index contributed by atoms with van der Waals surface area (Å²) in [6.07, 6.45) is 0. The molecule has 0 aliphatic heterocycles. The molecule has 0 aliphatic carbocycles. The van der Waals surface area contributed by atoms with Crippen LogP contribution >= 0.6 is 23.2 Å². The molecule has 1 heterocycles. The first kappa shape index (κ1) is 16.1. The minimum Gasteiger partial charge on any atom is -0.506 e. The number of phenolic OH excluding ortho intramolecular Hbond substituents is 1. The molecule has 0 bridgehead atoms. The molecule has 0 fully saturated rings. The van der Waals surface area contributed by atoms with E-state index < -0.39 is 0 Å². The first-order valence-corrected chi connectivity index (χ1v) is 7.47. The molecule has 0 saturated heterocycles. The van der Waals surface area contributed by atoms with Crippen LogP contribution in [0.5, 0.6) is 5.75 Å². The van der Waals surface area contributed by atoms with Crippen LogP contribution in [0, 0.1) is 13.8 Å². The van der Waals surface area contributed by atoms with Crippen LogP contribution in [0.3, 0.4) is 0 Å². The molecule has 1 atom stereocenters. The Hall–Kier alpha value is -1.23. The Labute approximate surface area is 134 Å². The second-order valence-electron chi connectivity index (χ2n) is 5.21. The lowest BCUT2D eigenvalue weighted by Crippen LogP contribution is -2.19. The Morgan fingerprint density at radius 2 is 2.00 bits per heavy atom. The lowest BCUT2D eigenvalue weighted by atomic mass is 10.1. The van der Waals surface area contributed by atoms with Gasteiger partial charge in [0.05, 0.1) is 10.7 Å². The maximum Gasteiger partial charge on any atom is 0.138 e. The van der Waals surface area contributed by atoms with Gasteiger partial charge < -0.3 is 10.4 Å². The van der Waals surface area contributed by atoms with Gasteiger partial charge in [0.25, 0.3) is 0 Å². The average molecular weight is 328 g/mol. The van der Waals surface area contributed by atoms with Gasteiger partial charge in [-0.1, -0.05) is 23.2 Å². The first-order chi connectivity index (χ1) is 9.81. The van der Waals surface area contributed by atoms with Gasteiger partial charge in [-0.2, -0.15) is 5.10 Å². The molecule has 114 valence electrons. The SMILES string of the molecule is Cc1nn(C)c(C)c1[C@H](C)NCc1cc(Cl)cc(Cl)c1O. The highest BCUT2D eigenvalue weighted by atomic mass is 35.5. The van der Waals surface area contributed by atoms with Gasteiger partial charge in [-0.05, 0) is 32.9 Å². The van der Waals surface area contributed by atoms with E-state index >= 15 is 0 Å². The molecule has 0 saturated carbocycles. The molecule has 0 amide bonds. The third kappa shape index (κ3) is 3.34. The van der Waals surface area contributed by atoms with Gasteiger partial charge in [0, 0.05) is 41.5 Å². The van der Waals surface area contributed by atoms with Crippen LogP contribution in [-0.2, 0) is 13.6 Å². The molecule has 0 spiro atoms. The Morgan fingerprint density at radius 3 is 2.57 bits per heavy atom. The summed E-state index contributed by atoms with van der Waals surface area (Å²) >= 11 is 11.9. The van der Waals surface area contributed by atoms with Crippen molar-refractivity contribution in [1.82, 2.24) is 15.1 Å². The zero-order valence-corrected chi connectivity index (χ0v) is 14.0. The zero-order chi connectivity index (χ0) is 15.7. The maximum absolute atomic E-state index is 9.97. The summed E-state index contributed by atoms with van der Waals surface area (Å²) in [5.74, 6) is 0.0698. The maximum atomic E-state index is 9.97. The molecular formula is C15H19Cl2N3O. The monoisotopic (exact) mass is 327 g/mol. The van der Waals surface area contributed by atoms with E-state index in [4.69, 9.17) is 23.2 Å². The highest BCUT2D eigenvalue weighted by molar-refractivity contribution is 6.35. The average Bonchev–Trinajstić information content (AvgIpc) is 2.65. The Bertz CT molecular complexity index is 667. The summed E-state index contributed by atoms with van der Waals surface area (Å²) in [4.78, 5) is 0. The van der Waals surface area contributed by atoms with Crippen molar-refractivity contribution < 1.29 is 5.11 Å². The molecule has 6 heteroatoms. The summed E-state index contributed by atoms with van der Waals surface area (Å²) < 4.78 is 1.87. The van der Waals surface area contributed by atoms with Crippen molar-refractivity contribution in [2.24, 2.45) is 7.05 Å². The molecule has 2 N–H and O–H groups in total. The molecule has 0 unspecified atom stereocenters.